The Bertz CT molecular complexity index is 5200. The molecular weight excluding hydrogens is 783 g/mol. The van der Waals surface area contributed by atoms with Gasteiger partial charge in [0.05, 0.1) is 68.7 Å². The topological polar surface area (TPSA) is 48.5 Å². The van der Waals surface area contributed by atoms with Crippen molar-refractivity contribution in [1.82, 2.24) is 24.1 Å². The Labute approximate surface area is 413 Å². The molecule has 0 aliphatic heterocycles. The highest BCUT2D eigenvalue weighted by molar-refractivity contribution is 7.20. The predicted molar refractivity (Wildman–Crippen MR) is 263 cm³/mol. The lowest BCUT2D eigenvalue weighted by atomic mass is 10.1. The summed E-state index contributed by atoms with van der Waals surface area (Å²) in [5, 5.41) is -7.15. The molecule has 3 aromatic heterocycles. The van der Waals surface area contributed by atoms with Gasteiger partial charge in [-0.3, -0.25) is 9.13 Å². The van der Waals surface area contributed by atoms with E-state index >= 15 is 0 Å². The lowest BCUT2D eigenvalue weighted by molar-refractivity contribution is 0.893. The summed E-state index contributed by atoms with van der Waals surface area (Å²) in [5.74, 6) is -3.40. The van der Waals surface area contributed by atoms with Crippen LogP contribution in [-0.2, 0) is 0 Å². The van der Waals surface area contributed by atoms with Gasteiger partial charge in [-0.15, -0.1) is 0 Å². The summed E-state index contributed by atoms with van der Waals surface area (Å²) in [6.45, 7) is 0. The highest BCUT2D eigenvalue weighted by Gasteiger charge is 2.42. The molecule has 5 nitrogen and oxygen atoms in total. The maximum absolute atomic E-state index is 10.8. The molecule has 0 radical (unpaired) electrons. The molecular formula is C57H39N5Si. The second kappa shape index (κ2) is 15.1. The van der Waals surface area contributed by atoms with E-state index in [-0.39, 0.29) is 5.56 Å². The van der Waals surface area contributed by atoms with Gasteiger partial charge in [-0.25, -0.2) is 0 Å². The van der Waals surface area contributed by atoms with E-state index in [9.17, 15) is 27.4 Å². The quantitative estimate of drug-likeness (QED) is 0.113. The molecule has 0 aliphatic rings. The zero-order chi connectivity index (χ0) is 71.3. The lowest BCUT2D eigenvalue weighted by Crippen LogP contribution is -2.74. The van der Waals surface area contributed by atoms with Crippen LogP contribution in [0.25, 0.3) is 78.0 Å². The van der Waals surface area contributed by atoms with Crippen molar-refractivity contribution in [2.45, 2.75) is 0 Å². The zero-order valence-electron chi connectivity index (χ0n) is 65.6. The number of aromatic nitrogens is 5. The van der Waals surface area contributed by atoms with E-state index in [2.05, 4.69) is 15.0 Å². The van der Waals surface area contributed by atoms with Gasteiger partial charge < -0.3 is 0 Å². The van der Waals surface area contributed by atoms with Gasteiger partial charge in [0.1, 0.15) is 0 Å². The van der Waals surface area contributed by atoms with Crippen LogP contribution < -0.4 is 20.7 Å². The molecule has 0 spiro atoms. The molecule has 12 rings (SSSR count). The average molecular weight is 856 g/mol. The van der Waals surface area contributed by atoms with Gasteiger partial charge in [-0.1, -0.05) is 212 Å². The Morgan fingerprint density at radius 2 is 0.714 bits per heavy atom. The van der Waals surface area contributed by atoms with E-state index in [0.29, 0.717) is 9.13 Å². The number of benzene rings is 9. The number of rotatable bonds is 8. The third kappa shape index (κ3) is 5.95. The van der Waals surface area contributed by atoms with E-state index < -0.39 is 307 Å². The van der Waals surface area contributed by atoms with Gasteiger partial charge in [0.25, 0.3) is 0 Å². The van der Waals surface area contributed by atoms with Crippen LogP contribution in [0.2, 0.25) is 0 Å². The standard InChI is InChI=1S/C57H39N5Si/c1-4-20-40(21-5-1)41-22-18-28-45(38-41)63(43-24-6-2-7-25-43,44-26-8-3-9-27-44)46-29-19-23-42(39-46)55-58-56(61-51-34-14-10-30-47(51)48-31-11-15-35-52(48)61)60-57(59-55)62-53-36-16-12-32-49(53)50-33-13-17-37-54(50)62/h1-39H/i2D,3D,6D,7D,8D,9D,10D,11D,12D,13D,14D,15D,16D,17D,18D,19D,22D,23D,24D,25D,26D,27D,28D,29D,30D,31D,32D,33D,34D,35D,36D,37D,38D,39D. The van der Waals surface area contributed by atoms with Crippen molar-refractivity contribution in [1.29, 1.82) is 0 Å². The summed E-state index contributed by atoms with van der Waals surface area (Å²) in [7, 11) is -6.62. The average Bonchev–Trinajstić information content (AvgIpc) is 1.10. The van der Waals surface area contributed by atoms with E-state index in [1.807, 2.05) is 0 Å². The monoisotopic (exact) mass is 856 g/mol. The number of hydrogen-bond acceptors (Lipinski definition) is 3. The van der Waals surface area contributed by atoms with E-state index in [1.165, 1.54) is 30.3 Å². The Morgan fingerprint density at radius 1 is 0.333 bits per heavy atom. The second-order valence-corrected chi connectivity index (χ2v) is 16.9. The minimum atomic E-state index is -6.62. The molecule has 0 fully saturated rings. The van der Waals surface area contributed by atoms with Crippen LogP contribution in [0, 0.1) is 0 Å². The number of para-hydroxylation sites is 4. The van der Waals surface area contributed by atoms with E-state index in [0.717, 1.165) is 0 Å². The SMILES string of the molecule is [2H]c1c([2H])c([2H])c([Si](c2c([2H])c([2H])c([2H])c([2H])c2[2H])(c2c([2H])c([2H])c([2H])c(-c3ccccc3)c2[2H])c2c([2H])c([2H])c([2H])c(-c3nc(-n4c5c([2H])c([2H])c([2H])c([2H])c5c5c([2H])c([2H])c([2H])c([2H])c54)nc(-n4c5c([2H])c([2H])c([2H])c([2H])c5c5c([2H])c([2H])c([2H])c([2H])c54)n3)c2[2H])c([2H])c1[2H]. The van der Waals surface area contributed by atoms with Crippen LogP contribution in [0.3, 0.4) is 0 Å². The fourth-order valence-electron chi connectivity index (χ4n) is 7.46. The van der Waals surface area contributed by atoms with Crippen LogP contribution in [-0.4, -0.2) is 32.2 Å². The number of fused-ring (bicyclic) bond motifs is 6. The molecule has 0 saturated carbocycles. The van der Waals surface area contributed by atoms with Gasteiger partial charge in [0.15, 0.2) is 13.9 Å². The Morgan fingerprint density at radius 3 is 1.17 bits per heavy atom. The smallest absolute Gasteiger partial charge is 0.240 e. The largest absolute Gasteiger partial charge is 0.278 e. The second-order valence-electron chi connectivity index (χ2n) is 13.4. The summed E-state index contributed by atoms with van der Waals surface area (Å²) in [5.41, 5.74) is -4.78. The van der Waals surface area contributed by atoms with Gasteiger partial charge in [0.2, 0.25) is 11.9 Å². The van der Waals surface area contributed by atoms with Gasteiger partial charge in [0, 0.05) is 27.1 Å². The first-order valence-corrected chi connectivity index (χ1v) is 20.6. The minimum Gasteiger partial charge on any atom is -0.278 e. The summed E-state index contributed by atoms with van der Waals surface area (Å²) >= 11 is 0. The van der Waals surface area contributed by atoms with Crippen molar-refractivity contribution in [3.63, 3.8) is 0 Å². The predicted octanol–water partition coefficient (Wildman–Crippen LogP) is 10.8. The lowest BCUT2D eigenvalue weighted by Gasteiger charge is -2.35. The van der Waals surface area contributed by atoms with Crippen LogP contribution >= 0.6 is 0 Å². The van der Waals surface area contributed by atoms with Crippen molar-refractivity contribution >= 4 is 72.4 Å². The van der Waals surface area contributed by atoms with Gasteiger partial charge in [-0.2, -0.15) is 15.0 Å². The summed E-state index contributed by atoms with van der Waals surface area (Å²) in [6, 6.07) is -30.5. The normalized spacial score (nSPS) is 19.4. The van der Waals surface area contributed by atoms with Gasteiger partial charge >= 0.3 is 0 Å². The van der Waals surface area contributed by atoms with Crippen LogP contribution in [0.4, 0.5) is 0 Å². The van der Waals surface area contributed by atoms with E-state index in [4.69, 9.17) is 19.2 Å². The first-order valence-electron chi connectivity index (χ1n) is 35.6. The molecule has 0 bridgehead atoms. The molecule has 9 aromatic carbocycles. The Balaban J connectivity index is 1.42. The zero-order valence-corrected chi connectivity index (χ0v) is 32.6. The summed E-state index contributed by atoms with van der Waals surface area (Å²) in [6.07, 6.45) is 0. The Kier molecular flexibility index (Phi) is 3.81. The van der Waals surface area contributed by atoms with Crippen molar-refractivity contribution in [3.05, 3.63) is 236 Å². The number of hydrogen-bond donors (Lipinski definition) is 0. The minimum absolute atomic E-state index is 0.0670. The molecule has 63 heavy (non-hydrogen) atoms. The van der Waals surface area contributed by atoms with Crippen molar-refractivity contribution in [2.75, 3.05) is 0 Å². The molecule has 0 atom stereocenters. The molecule has 0 N–H and O–H groups in total. The molecule has 6 heteroatoms. The molecule has 12 aromatic rings. The molecule has 296 valence electrons. The molecule has 0 saturated heterocycles. The molecule has 0 amide bonds. The Hall–Kier alpha value is -8.19. The highest BCUT2D eigenvalue weighted by atomic mass is 28.3. The third-order valence-corrected chi connectivity index (χ3v) is 14.1. The third-order valence-electron chi connectivity index (χ3n) is 10.1. The maximum atomic E-state index is 10.8. The molecule has 0 aliphatic carbocycles. The van der Waals surface area contributed by atoms with Crippen LogP contribution in [0.1, 0.15) is 46.6 Å². The first kappa shape index (κ1) is 15.9. The summed E-state index contributed by atoms with van der Waals surface area (Å²) < 4.78 is 319. The fraction of sp³-hybridized carbons (Fsp3) is 0. The molecule has 0 unspecified atom stereocenters. The van der Waals surface area contributed by atoms with Crippen molar-refractivity contribution in [3.8, 4) is 34.4 Å². The van der Waals surface area contributed by atoms with Crippen LogP contribution in [0.15, 0.2) is 236 Å². The first-order chi connectivity index (χ1) is 45.4. The van der Waals surface area contributed by atoms with Crippen molar-refractivity contribution in [2.24, 2.45) is 0 Å². The molecule has 3 heterocycles. The number of nitrogens with zero attached hydrogens (tertiary/aromatic N) is 5. The fourth-order valence-corrected chi connectivity index (χ4v) is 11.1. The summed E-state index contributed by atoms with van der Waals surface area (Å²) in [4.78, 5) is 13.8. The van der Waals surface area contributed by atoms with Gasteiger partial charge in [-0.05, 0) is 56.0 Å². The van der Waals surface area contributed by atoms with Crippen molar-refractivity contribution < 1.29 is 46.6 Å². The van der Waals surface area contributed by atoms with E-state index in [1.54, 1.807) is 0 Å². The van der Waals surface area contributed by atoms with Crippen LogP contribution in [0.5, 0.6) is 0 Å². The maximum Gasteiger partial charge on any atom is 0.240 e. The highest BCUT2D eigenvalue weighted by Crippen LogP contribution is 2.34.